The fourth-order valence-electron chi connectivity index (χ4n) is 3.62. The minimum atomic E-state index is -4.46. The number of hydrogen-bond donors (Lipinski definition) is 1. The van der Waals surface area contributed by atoms with Crippen molar-refractivity contribution in [1.29, 1.82) is 0 Å². The number of anilines is 1. The molecular formula is C23H18F3N3O4. The molecule has 2 heterocycles. The first kappa shape index (κ1) is 22.3. The number of hydrogen-bond acceptors (Lipinski definition) is 5. The van der Waals surface area contributed by atoms with Crippen LogP contribution in [0.1, 0.15) is 30.3 Å². The fourth-order valence-corrected chi connectivity index (χ4v) is 3.62. The molecule has 1 amide bonds. The van der Waals surface area contributed by atoms with Gasteiger partial charge >= 0.3 is 18.1 Å². The van der Waals surface area contributed by atoms with Crippen LogP contribution in [0.4, 0.5) is 18.9 Å². The number of allylic oxidation sites excluding steroid dienone is 1. The highest BCUT2D eigenvalue weighted by Crippen LogP contribution is 2.32. The van der Waals surface area contributed by atoms with E-state index in [0.29, 0.717) is 35.3 Å². The van der Waals surface area contributed by atoms with Crippen LogP contribution in [0, 0.1) is 0 Å². The molecule has 0 bridgehead atoms. The van der Waals surface area contributed by atoms with Gasteiger partial charge in [0.1, 0.15) is 5.82 Å². The third-order valence-electron chi connectivity index (χ3n) is 5.12. The quantitative estimate of drug-likeness (QED) is 0.477. The van der Waals surface area contributed by atoms with Crippen LogP contribution in [-0.4, -0.2) is 28.0 Å². The van der Waals surface area contributed by atoms with Crippen LogP contribution in [0.5, 0.6) is 0 Å². The van der Waals surface area contributed by atoms with Crippen molar-refractivity contribution in [3.8, 4) is 0 Å². The zero-order chi connectivity index (χ0) is 23.8. The molecule has 0 atom stereocenters. The average Bonchev–Trinajstić information content (AvgIpc) is 3.16. The van der Waals surface area contributed by atoms with Crippen molar-refractivity contribution in [3.05, 3.63) is 69.8 Å². The molecule has 1 aliphatic rings. The fraction of sp³-hybridized carbons (Fsp3) is 0.217. The van der Waals surface area contributed by atoms with Crippen LogP contribution in [0.15, 0.2) is 47.3 Å². The van der Waals surface area contributed by atoms with Crippen LogP contribution in [0.25, 0.3) is 22.6 Å². The van der Waals surface area contributed by atoms with E-state index in [9.17, 15) is 27.6 Å². The SMILES string of the molecule is CCOC(=O)C(=O)Nc1ccc2c(=O)n3c(nc2c1)C(=Cc1cccc(C(F)(F)F)c1)CC3. The Hall–Kier alpha value is -3.95. The van der Waals surface area contributed by atoms with E-state index in [0.717, 1.165) is 12.1 Å². The number of rotatable bonds is 3. The second-order valence-electron chi connectivity index (χ2n) is 7.34. The Kier molecular flexibility index (Phi) is 5.75. The highest BCUT2D eigenvalue weighted by atomic mass is 19.4. The zero-order valence-electron chi connectivity index (χ0n) is 17.4. The van der Waals surface area contributed by atoms with Gasteiger partial charge in [-0.1, -0.05) is 12.1 Å². The van der Waals surface area contributed by atoms with Gasteiger partial charge in [0.2, 0.25) is 0 Å². The number of alkyl halides is 3. The number of ether oxygens (including phenoxy) is 1. The predicted octanol–water partition coefficient (Wildman–Crippen LogP) is 3.86. The molecule has 1 aliphatic heterocycles. The largest absolute Gasteiger partial charge is 0.459 e. The number of amides is 1. The van der Waals surface area contributed by atoms with E-state index in [1.165, 1.54) is 28.8 Å². The summed E-state index contributed by atoms with van der Waals surface area (Å²) in [6, 6.07) is 9.33. The number of fused-ring (bicyclic) bond motifs is 2. The number of benzene rings is 2. The topological polar surface area (TPSA) is 90.3 Å². The molecule has 0 saturated carbocycles. The van der Waals surface area contributed by atoms with Gasteiger partial charge in [-0.3, -0.25) is 14.2 Å². The van der Waals surface area contributed by atoms with Gasteiger partial charge in [0.05, 0.1) is 23.1 Å². The Labute approximate surface area is 185 Å². The first-order chi connectivity index (χ1) is 15.7. The summed E-state index contributed by atoms with van der Waals surface area (Å²) in [6.45, 7) is 1.97. The van der Waals surface area contributed by atoms with Crippen LogP contribution in [-0.2, 0) is 27.0 Å². The third kappa shape index (κ3) is 4.50. The Balaban J connectivity index is 1.72. The maximum atomic E-state index is 13.0. The predicted molar refractivity (Wildman–Crippen MR) is 115 cm³/mol. The van der Waals surface area contributed by atoms with Crippen LogP contribution in [0.3, 0.4) is 0 Å². The molecule has 0 fully saturated rings. The lowest BCUT2D eigenvalue weighted by molar-refractivity contribution is -0.152. The van der Waals surface area contributed by atoms with Crippen molar-refractivity contribution in [1.82, 2.24) is 9.55 Å². The lowest BCUT2D eigenvalue weighted by Gasteiger charge is -2.09. The molecule has 0 aliphatic carbocycles. The normalized spacial score (nSPS) is 14.4. The molecule has 33 heavy (non-hydrogen) atoms. The van der Waals surface area contributed by atoms with Crippen molar-refractivity contribution >= 4 is 40.1 Å². The van der Waals surface area contributed by atoms with E-state index in [-0.39, 0.29) is 23.4 Å². The van der Waals surface area contributed by atoms with Crippen LogP contribution < -0.4 is 10.9 Å². The number of aromatic nitrogens is 2. The molecule has 0 unspecified atom stereocenters. The Morgan fingerprint density at radius 1 is 1.21 bits per heavy atom. The summed E-state index contributed by atoms with van der Waals surface area (Å²) in [6.07, 6.45) is -2.45. The highest BCUT2D eigenvalue weighted by molar-refractivity contribution is 6.37. The maximum absolute atomic E-state index is 13.0. The monoisotopic (exact) mass is 457 g/mol. The molecule has 1 aromatic heterocycles. The molecule has 3 aromatic rings. The summed E-state index contributed by atoms with van der Waals surface area (Å²) >= 11 is 0. The lowest BCUT2D eigenvalue weighted by atomic mass is 10.1. The summed E-state index contributed by atoms with van der Waals surface area (Å²) in [4.78, 5) is 40.9. The van der Waals surface area contributed by atoms with Crippen LogP contribution in [0.2, 0.25) is 0 Å². The number of nitrogens with one attached hydrogen (secondary N) is 1. The Bertz CT molecular complexity index is 1360. The first-order valence-corrected chi connectivity index (χ1v) is 10.1. The molecule has 10 heteroatoms. The minimum Gasteiger partial charge on any atom is -0.459 e. The van der Waals surface area contributed by atoms with Crippen molar-refractivity contribution in [2.75, 3.05) is 11.9 Å². The average molecular weight is 457 g/mol. The summed E-state index contributed by atoms with van der Waals surface area (Å²) < 4.78 is 45.2. The second-order valence-corrected chi connectivity index (χ2v) is 7.34. The number of carbonyl (C=O) groups is 2. The molecule has 4 rings (SSSR count). The molecule has 7 nitrogen and oxygen atoms in total. The summed E-state index contributed by atoms with van der Waals surface area (Å²) in [5, 5.41) is 2.71. The van der Waals surface area contributed by atoms with E-state index in [4.69, 9.17) is 0 Å². The van der Waals surface area contributed by atoms with E-state index < -0.39 is 23.6 Å². The van der Waals surface area contributed by atoms with Crippen molar-refractivity contribution in [3.63, 3.8) is 0 Å². The van der Waals surface area contributed by atoms with Crippen LogP contribution >= 0.6 is 0 Å². The smallest absolute Gasteiger partial charge is 0.416 e. The van der Waals surface area contributed by atoms with Crippen molar-refractivity contribution in [2.45, 2.75) is 26.1 Å². The minimum absolute atomic E-state index is 0.0510. The molecule has 0 saturated heterocycles. The van der Waals surface area contributed by atoms with E-state index in [2.05, 4.69) is 15.0 Å². The van der Waals surface area contributed by atoms with Gasteiger partial charge in [-0.25, -0.2) is 9.78 Å². The van der Waals surface area contributed by atoms with Gasteiger partial charge in [-0.2, -0.15) is 13.2 Å². The molecule has 170 valence electrons. The third-order valence-corrected chi connectivity index (χ3v) is 5.12. The summed E-state index contributed by atoms with van der Waals surface area (Å²) in [5.74, 6) is -1.65. The number of esters is 1. The Morgan fingerprint density at radius 2 is 2.00 bits per heavy atom. The molecule has 2 aromatic carbocycles. The van der Waals surface area contributed by atoms with Gasteiger partial charge in [0.25, 0.3) is 5.56 Å². The highest BCUT2D eigenvalue weighted by Gasteiger charge is 2.30. The zero-order valence-corrected chi connectivity index (χ0v) is 17.4. The molecule has 1 N–H and O–H groups in total. The van der Waals surface area contributed by atoms with E-state index in [1.807, 2.05) is 0 Å². The number of nitrogens with zero attached hydrogens (tertiary/aromatic N) is 2. The van der Waals surface area contributed by atoms with E-state index in [1.54, 1.807) is 19.1 Å². The van der Waals surface area contributed by atoms with Gasteiger partial charge in [0.15, 0.2) is 0 Å². The van der Waals surface area contributed by atoms with Crippen molar-refractivity contribution in [2.24, 2.45) is 0 Å². The number of carbonyl (C=O) groups excluding carboxylic acids is 2. The standard InChI is InChI=1S/C23H18F3N3O4/c1-2-33-22(32)20(30)27-16-6-7-17-18(12-16)28-19-14(8-9-29(19)21(17)31)10-13-4-3-5-15(11-13)23(24,25)26/h3-7,10-12H,2,8-9H2,1H3,(H,27,30). The summed E-state index contributed by atoms with van der Waals surface area (Å²) in [5.41, 5.74) is 0.433. The summed E-state index contributed by atoms with van der Waals surface area (Å²) in [7, 11) is 0. The Morgan fingerprint density at radius 3 is 2.73 bits per heavy atom. The number of halogens is 3. The van der Waals surface area contributed by atoms with Crippen molar-refractivity contribution < 1.29 is 27.5 Å². The molecular weight excluding hydrogens is 439 g/mol. The lowest BCUT2D eigenvalue weighted by Crippen LogP contribution is -2.25. The van der Waals surface area contributed by atoms with E-state index >= 15 is 0 Å². The maximum Gasteiger partial charge on any atom is 0.416 e. The van der Waals surface area contributed by atoms with Gasteiger partial charge < -0.3 is 10.1 Å². The molecule has 0 spiro atoms. The van der Waals surface area contributed by atoms with Gasteiger partial charge in [-0.15, -0.1) is 0 Å². The first-order valence-electron chi connectivity index (χ1n) is 10.1. The second kappa shape index (κ2) is 8.53. The van der Waals surface area contributed by atoms with Gasteiger partial charge in [-0.05, 0) is 60.9 Å². The molecule has 0 radical (unpaired) electrons. The van der Waals surface area contributed by atoms with Gasteiger partial charge in [0, 0.05) is 12.2 Å².